The Hall–Kier alpha value is -1.99. The van der Waals surface area contributed by atoms with Gasteiger partial charge in [0, 0.05) is 51.6 Å². The first kappa shape index (κ1) is 22.7. The van der Waals surface area contributed by atoms with Crippen molar-refractivity contribution in [3.05, 3.63) is 24.3 Å². The van der Waals surface area contributed by atoms with Gasteiger partial charge in [0.15, 0.2) is 5.96 Å². The number of methoxy groups -OCH3 is 1. The monoisotopic (exact) mass is 417 g/mol. The Bertz CT molecular complexity index is 650. The van der Waals surface area contributed by atoms with Crippen molar-refractivity contribution >= 4 is 11.6 Å². The zero-order valence-electron chi connectivity index (χ0n) is 19.0. The second-order valence-corrected chi connectivity index (χ2v) is 8.40. The Morgan fingerprint density at radius 1 is 1.17 bits per heavy atom. The number of ether oxygens (including phenoxy) is 2. The molecule has 1 aromatic carbocycles. The predicted octanol–water partition coefficient (Wildman–Crippen LogP) is 2.33. The van der Waals surface area contributed by atoms with Crippen molar-refractivity contribution in [1.29, 1.82) is 0 Å². The lowest BCUT2D eigenvalue weighted by atomic mass is 10.0. The molecule has 1 unspecified atom stereocenters. The third-order valence-electron chi connectivity index (χ3n) is 5.97. The van der Waals surface area contributed by atoms with Crippen LogP contribution in [0.3, 0.4) is 0 Å². The van der Waals surface area contributed by atoms with Crippen LogP contribution in [0.1, 0.15) is 33.1 Å². The van der Waals surface area contributed by atoms with E-state index in [1.807, 2.05) is 12.1 Å². The molecule has 2 N–H and O–H groups in total. The number of piperazine rings is 1. The molecule has 2 fully saturated rings. The third-order valence-corrected chi connectivity index (χ3v) is 5.97. The van der Waals surface area contributed by atoms with Gasteiger partial charge in [0.05, 0.1) is 19.3 Å². The van der Waals surface area contributed by atoms with Crippen molar-refractivity contribution in [2.75, 3.05) is 71.0 Å². The van der Waals surface area contributed by atoms with Crippen LogP contribution in [0.2, 0.25) is 0 Å². The van der Waals surface area contributed by atoms with Crippen molar-refractivity contribution in [2.24, 2.45) is 4.99 Å². The summed E-state index contributed by atoms with van der Waals surface area (Å²) in [7, 11) is 1.71. The number of benzene rings is 1. The van der Waals surface area contributed by atoms with Gasteiger partial charge in [-0.2, -0.15) is 0 Å². The highest BCUT2D eigenvalue weighted by Crippen LogP contribution is 2.25. The molecule has 1 aromatic rings. The molecule has 0 radical (unpaired) electrons. The van der Waals surface area contributed by atoms with Crippen molar-refractivity contribution in [1.82, 2.24) is 15.5 Å². The number of nitrogens with one attached hydrogen (secondary N) is 2. The molecule has 1 atom stereocenters. The smallest absolute Gasteiger partial charge is 0.191 e. The fourth-order valence-corrected chi connectivity index (χ4v) is 4.08. The zero-order chi connectivity index (χ0) is 21.2. The molecule has 2 saturated heterocycles. The molecule has 0 saturated carbocycles. The minimum absolute atomic E-state index is 0.0914. The van der Waals surface area contributed by atoms with E-state index in [1.54, 1.807) is 7.11 Å². The van der Waals surface area contributed by atoms with Gasteiger partial charge in [-0.1, -0.05) is 0 Å². The maximum absolute atomic E-state index is 5.85. The second kappa shape index (κ2) is 11.4. The van der Waals surface area contributed by atoms with E-state index in [-0.39, 0.29) is 5.60 Å². The molecule has 168 valence electrons. The summed E-state index contributed by atoms with van der Waals surface area (Å²) in [5.41, 5.74) is 1.19. The van der Waals surface area contributed by atoms with Crippen LogP contribution in [0, 0.1) is 0 Å². The molecule has 2 aliphatic heterocycles. The zero-order valence-corrected chi connectivity index (χ0v) is 19.0. The maximum atomic E-state index is 5.85. The lowest BCUT2D eigenvalue weighted by Gasteiger charge is -2.36. The van der Waals surface area contributed by atoms with E-state index >= 15 is 0 Å². The summed E-state index contributed by atoms with van der Waals surface area (Å²) >= 11 is 0. The van der Waals surface area contributed by atoms with Crippen LogP contribution in [-0.2, 0) is 4.74 Å². The van der Waals surface area contributed by atoms with Crippen LogP contribution in [0.5, 0.6) is 5.75 Å². The first-order valence-corrected chi connectivity index (χ1v) is 11.4. The number of aliphatic imine (C=N–C) groups is 1. The molecule has 30 heavy (non-hydrogen) atoms. The lowest BCUT2D eigenvalue weighted by Crippen LogP contribution is -2.47. The molecule has 0 bridgehead atoms. The fourth-order valence-electron chi connectivity index (χ4n) is 4.08. The molecule has 0 aliphatic carbocycles. The van der Waals surface area contributed by atoms with Crippen molar-refractivity contribution in [3.8, 4) is 5.75 Å². The maximum Gasteiger partial charge on any atom is 0.191 e. The number of hydrogen-bond acceptors (Lipinski definition) is 5. The van der Waals surface area contributed by atoms with Crippen LogP contribution in [-0.4, -0.2) is 82.5 Å². The van der Waals surface area contributed by atoms with Crippen LogP contribution >= 0.6 is 0 Å². The molecular weight excluding hydrogens is 378 g/mol. The quantitative estimate of drug-likeness (QED) is 0.365. The van der Waals surface area contributed by atoms with Crippen molar-refractivity contribution in [3.63, 3.8) is 0 Å². The van der Waals surface area contributed by atoms with E-state index < -0.39 is 0 Å². The average Bonchev–Trinajstić information content (AvgIpc) is 3.22. The van der Waals surface area contributed by atoms with E-state index in [1.165, 1.54) is 5.69 Å². The summed E-state index contributed by atoms with van der Waals surface area (Å²) in [6, 6.07) is 8.38. The minimum Gasteiger partial charge on any atom is -0.497 e. The number of rotatable bonds is 9. The summed E-state index contributed by atoms with van der Waals surface area (Å²) in [4.78, 5) is 9.76. The van der Waals surface area contributed by atoms with Gasteiger partial charge in [-0.25, -0.2) is 0 Å². The van der Waals surface area contributed by atoms with Gasteiger partial charge in [0.2, 0.25) is 0 Å². The molecule has 7 nitrogen and oxygen atoms in total. The molecule has 2 heterocycles. The minimum atomic E-state index is -0.0914. The highest BCUT2D eigenvalue weighted by atomic mass is 16.5. The van der Waals surface area contributed by atoms with Gasteiger partial charge in [0.1, 0.15) is 5.75 Å². The summed E-state index contributed by atoms with van der Waals surface area (Å²) in [5, 5.41) is 6.83. The molecule has 0 aromatic heterocycles. The summed E-state index contributed by atoms with van der Waals surface area (Å²) < 4.78 is 11.1. The van der Waals surface area contributed by atoms with Gasteiger partial charge in [0.25, 0.3) is 0 Å². The number of guanidine groups is 1. The van der Waals surface area contributed by atoms with Crippen molar-refractivity contribution in [2.45, 2.75) is 38.7 Å². The van der Waals surface area contributed by atoms with Gasteiger partial charge in [-0.3, -0.25) is 9.89 Å². The van der Waals surface area contributed by atoms with Crippen molar-refractivity contribution < 1.29 is 9.47 Å². The molecule has 2 aliphatic rings. The Labute approximate surface area is 181 Å². The molecule has 3 rings (SSSR count). The Kier molecular flexibility index (Phi) is 8.63. The van der Waals surface area contributed by atoms with Crippen LogP contribution in [0.15, 0.2) is 29.3 Å². The highest BCUT2D eigenvalue weighted by molar-refractivity contribution is 5.79. The first-order chi connectivity index (χ1) is 14.6. The molecule has 0 spiro atoms. The van der Waals surface area contributed by atoms with E-state index in [4.69, 9.17) is 14.5 Å². The third kappa shape index (κ3) is 6.77. The largest absolute Gasteiger partial charge is 0.497 e. The lowest BCUT2D eigenvalue weighted by molar-refractivity contribution is 0.0283. The number of hydrogen-bond donors (Lipinski definition) is 2. The fraction of sp³-hybridized carbons (Fsp3) is 0.696. The standard InChI is InChI=1S/C23H39N5O2/c1-4-24-22(26-19-23(2)11-5-18-30-23)25-12-6-13-27-14-16-28(17-15-27)20-7-9-21(29-3)10-8-20/h7-10H,4-6,11-19H2,1-3H3,(H2,24,25,26). The summed E-state index contributed by atoms with van der Waals surface area (Å²) in [6.07, 6.45) is 3.35. The van der Waals surface area contributed by atoms with E-state index in [2.05, 4.69) is 46.4 Å². The average molecular weight is 418 g/mol. The molecule has 7 heteroatoms. The summed E-state index contributed by atoms with van der Waals surface area (Å²) in [6.45, 7) is 13.1. The SMILES string of the molecule is CCNC(=NCC1(C)CCCO1)NCCCN1CCN(c2ccc(OC)cc2)CC1. The van der Waals surface area contributed by atoms with E-state index in [0.29, 0.717) is 0 Å². The van der Waals surface area contributed by atoms with Gasteiger partial charge in [-0.15, -0.1) is 0 Å². The highest BCUT2D eigenvalue weighted by Gasteiger charge is 2.29. The number of anilines is 1. The Morgan fingerprint density at radius 3 is 2.57 bits per heavy atom. The normalized spacial score (nSPS) is 22.9. The van der Waals surface area contributed by atoms with Crippen LogP contribution in [0.25, 0.3) is 0 Å². The first-order valence-electron chi connectivity index (χ1n) is 11.4. The number of nitrogens with zero attached hydrogens (tertiary/aromatic N) is 3. The second-order valence-electron chi connectivity index (χ2n) is 8.40. The van der Waals surface area contributed by atoms with Gasteiger partial charge >= 0.3 is 0 Å². The van der Waals surface area contributed by atoms with Gasteiger partial charge < -0.3 is 25.0 Å². The Morgan fingerprint density at radius 2 is 1.93 bits per heavy atom. The van der Waals surface area contributed by atoms with E-state index in [0.717, 1.165) is 89.9 Å². The van der Waals surface area contributed by atoms with E-state index in [9.17, 15) is 0 Å². The van der Waals surface area contributed by atoms with Crippen LogP contribution in [0.4, 0.5) is 5.69 Å². The molecule has 0 amide bonds. The predicted molar refractivity (Wildman–Crippen MR) is 124 cm³/mol. The Balaban J connectivity index is 1.34. The van der Waals surface area contributed by atoms with Crippen LogP contribution < -0.4 is 20.3 Å². The summed E-state index contributed by atoms with van der Waals surface area (Å²) in [5.74, 6) is 1.81. The molecular formula is C23H39N5O2. The van der Waals surface area contributed by atoms with Gasteiger partial charge in [-0.05, 0) is 63.9 Å². The topological polar surface area (TPSA) is 61.4 Å².